The Kier molecular flexibility index (Phi) is 6.67. The summed E-state index contributed by atoms with van der Waals surface area (Å²) in [6, 6.07) is -0.479. The molecular formula is C19H30N2O5. The van der Waals surface area contributed by atoms with Crippen LogP contribution in [0, 0.1) is 5.92 Å². The van der Waals surface area contributed by atoms with Crippen molar-refractivity contribution in [1.82, 2.24) is 10.6 Å². The number of carbonyl (C=O) groups is 3. The standard InChI is InChI=1S/C19H30N2O5/c1-12(17(23)25-15-6-5-7-15)10-14(11-13-8-9-20-16(13)22)21-18(24)26-19(2,3)4/h10,13-15H,5-9,11H2,1-4H3,(H,20,22)(H,21,24)/t13-,14+/m0/s1. The minimum atomic E-state index is -0.624. The summed E-state index contributed by atoms with van der Waals surface area (Å²) in [5.74, 6) is -0.590. The van der Waals surface area contributed by atoms with Crippen LogP contribution in [0.1, 0.15) is 59.8 Å². The predicted octanol–water partition coefficient (Wildman–Crippen LogP) is 2.45. The highest BCUT2D eigenvalue weighted by atomic mass is 16.6. The smallest absolute Gasteiger partial charge is 0.408 e. The molecule has 0 radical (unpaired) electrons. The van der Waals surface area contributed by atoms with Crippen molar-refractivity contribution in [3.8, 4) is 0 Å². The highest BCUT2D eigenvalue weighted by Crippen LogP contribution is 2.23. The van der Waals surface area contributed by atoms with Crippen molar-refractivity contribution in [3.05, 3.63) is 11.6 Å². The zero-order valence-electron chi connectivity index (χ0n) is 16.1. The van der Waals surface area contributed by atoms with Gasteiger partial charge in [0.1, 0.15) is 11.7 Å². The van der Waals surface area contributed by atoms with E-state index in [0.717, 1.165) is 19.3 Å². The van der Waals surface area contributed by atoms with Crippen LogP contribution in [-0.2, 0) is 19.1 Å². The normalized spacial score (nSPS) is 22.2. The largest absolute Gasteiger partial charge is 0.459 e. The Morgan fingerprint density at radius 2 is 2.00 bits per heavy atom. The van der Waals surface area contributed by atoms with Gasteiger partial charge in [0.25, 0.3) is 0 Å². The number of hydrogen-bond acceptors (Lipinski definition) is 5. The third-order valence-electron chi connectivity index (χ3n) is 4.50. The van der Waals surface area contributed by atoms with Crippen LogP contribution in [0.4, 0.5) is 4.79 Å². The Labute approximate surface area is 154 Å². The molecule has 0 aromatic carbocycles. The number of rotatable bonds is 6. The average Bonchev–Trinajstić information content (AvgIpc) is 2.85. The summed E-state index contributed by atoms with van der Waals surface area (Å²) in [6.07, 6.45) is 5.11. The number of carbonyl (C=O) groups excluding carboxylic acids is 3. The van der Waals surface area contributed by atoms with Gasteiger partial charge in [-0.2, -0.15) is 0 Å². The molecule has 1 heterocycles. The van der Waals surface area contributed by atoms with Crippen molar-refractivity contribution in [2.24, 2.45) is 5.92 Å². The van der Waals surface area contributed by atoms with Gasteiger partial charge in [-0.3, -0.25) is 4.79 Å². The van der Waals surface area contributed by atoms with Crippen LogP contribution >= 0.6 is 0 Å². The molecule has 2 fully saturated rings. The van der Waals surface area contributed by atoms with Gasteiger partial charge in [-0.15, -0.1) is 0 Å². The fourth-order valence-electron chi connectivity index (χ4n) is 2.91. The topological polar surface area (TPSA) is 93.7 Å². The summed E-state index contributed by atoms with van der Waals surface area (Å²) >= 11 is 0. The molecule has 2 amide bonds. The van der Waals surface area contributed by atoms with Crippen molar-refractivity contribution in [1.29, 1.82) is 0 Å². The third-order valence-corrected chi connectivity index (χ3v) is 4.50. The Morgan fingerprint density at radius 3 is 2.50 bits per heavy atom. The minimum absolute atomic E-state index is 0.00345. The maximum Gasteiger partial charge on any atom is 0.408 e. The lowest BCUT2D eigenvalue weighted by Crippen LogP contribution is -2.40. The lowest BCUT2D eigenvalue weighted by Gasteiger charge is -2.26. The van der Waals surface area contributed by atoms with Gasteiger partial charge in [-0.05, 0) is 59.8 Å². The van der Waals surface area contributed by atoms with Gasteiger partial charge in [0.05, 0.1) is 6.04 Å². The molecule has 2 aliphatic rings. The Morgan fingerprint density at radius 1 is 1.31 bits per heavy atom. The van der Waals surface area contributed by atoms with E-state index in [-0.39, 0.29) is 23.9 Å². The SMILES string of the molecule is CC(=C[C@H](C[C@@H]1CCNC1=O)NC(=O)OC(C)(C)C)C(=O)OC1CCC1. The number of hydrogen-bond donors (Lipinski definition) is 2. The molecule has 2 rings (SSSR count). The highest BCUT2D eigenvalue weighted by molar-refractivity contribution is 5.88. The fraction of sp³-hybridized carbons (Fsp3) is 0.737. The van der Waals surface area contributed by atoms with Crippen LogP contribution in [0.15, 0.2) is 11.6 Å². The number of amides is 2. The zero-order chi connectivity index (χ0) is 19.3. The van der Waals surface area contributed by atoms with Crippen molar-refractivity contribution in [2.45, 2.75) is 77.5 Å². The van der Waals surface area contributed by atoms with Crippen LogP contribution in [0.2, 0.25) is 0 Å². The van der Waals surface area contributed by atoms with Gasteiger partial charge in [0.15, 0.2) is 0 Å². The van der Waals surface area contributed by atoms with E-state index in [4.69, 9.17) is 9.47 Å². The van der Waals surface area contributed by atoms with Crippen LogP contribution in [-0.4, -0.2) is 42.3 Å². The molecule has 2 atom stereocenters. The van der Waals surface area contributed by atoms with Gasteiger partial charge >= 0.3 is 12.1 Å². The van der Waals surface area contributed by atoms with Crippen LogP contribution in [0.3, 0.4) is 0 Å². The molecule has 0 spiro atoms. The van der Waals surface area contributed by atoms with Crippen LogP contribution < -0.4 is 10.6 Å². The van der Waals surface area contributed by atoms with Gasteiger partial charge < -0.3 is 20.1 Å². The van der Waals surface area contributed by atoms with E-state index in [1.165, 1.54) is 0 Å². The number of esters is 1. The minimum Gasteiger partial charge on any atom is -0.459 e. The molecule has 0 aromatic heterocycles. The molecule has 7 nitrogen and oxygen atoms in total. The average molecular weight is 366 g/mol. The third kappa shape index (κ3) is 6.35. The molecule has 7 heteroatoms. The van der Waals surface area contributed by atoms with Gasteiger partial charge in [0.2, 0.25) is 5.91 Å². The van der Waals surface area contributed by atoms with Crippen molar-refractivity contribution < 1.29 is 23.9 Å². The van der Waals surface area contributed by atoms with E-state index in [2.05, 4.69) is 10.6 Å². The maximum absolute atomic E-state index is 12.2. The summed E-state index contributed by atoms with van der Waals surface area (Å²) in [6.45, 7) is 7.64. The second-order valence-electron chi connectivity index (χ2n) is 8.07. The van der Waals surface area contributed by atoms with E-state index in [9.17, 15) is 14.4 Å². The Balaban J connectivity index is 2.02. The quantitative estimate of drug-likeness (QED) is 0.556. The van der Waals surface area contributed by atoms with Crippen molar-refractivity contribution in [3.63, 3.8) is 0 Å². The first-order valence-electron chi connectivity index (χ1n) is 9.30. The predicted molar refractivity (Wildman–Crippen MR) is 96.4 cm³/mol. The summed E-state index contributed by atoms with van der Waals surface area (Å²) < 4.78 is 10.7. The van der Waals surface area contributed by atoms with E-state index in [0.29, 0.717) is 25.0 Å². The summed E-state index contributed by atoms with van der Waals surface area (Å²) in [5.41, 5.74) is -0.197. The fourth-order valence-corrected chi connectivity index (χ4v) is 2.91. The molecule has 0 unspecified atom stereocenters. The molecule has 1 aliphatic heterocycles. The molecule has 0 aromatic rings. The van der Waals surface area contributed by atoms with Crippen LogP contribution in [0.5, 0.6) is 0 Å². The van der Waals surface area contributed by atoms with Crippen molar-refractivity contribution in [2.75, 3.05) is 6.54 Å². The summed E-state index contributed by atoms with van der Waals surface area (Å²) in [5, 5.41) is 5.55. The monoisotopic (exact) mass is 366 g/mol. The molecule has 1 saturated carbocycles. The first kappa shape index (κ1) is 20.3. The molecular weight excluding hydrogens is 336 g/mol. The molecule has 2 N–H and O–H groups in total. The molecule has 0 bridgehead atoms. The first-order chi connectivity index (χ1) is 12.1. The van der Waals surface area contributed by atoms with E-state index in [1.807, 2.05) is 0 Å². The van der Waals surface area contributed by atoms with E-state index >= 15 is 0 Å². The van der Waals surface area contributed by atoms with Gasteiger partial charge in [0, 0.05) is 18.0 Å². The van der Waals surface area contributed by atoms with E-state index in [1.54, 1.807) is 33.8 Å². The second-order valence-corrected chi connectivity index (χ2v) is 8.07. The van der Waals surface area contributed by atoms with Gasteiger partial charge in [-0.25, -0.2) is 9.59 Å². The molecule has 1 aliphatic carbocycles. The Bertz CT molecular complexity index is 575. The first-order valence-corrected chi connectivity index (χ1v) is 9.30. The summed E-state index contributed by atoms with van der Waals surface area (Å²) in [4.78, 5) is 36.2. The number of alkyl carbamates (subject to hydrolysis) is 1. The molecule has 1 saturated heterocycles. The molecule has 26 heavy (non-hydrogen) atoms. The number of ether oxygens (including phenoxy) is 2. The lowest BCUT2D eigenvalue weighted by atomic mass is 9.96. The van der Waals surface area contributed by atoms with E-state index < -0.39 is 17.7 Å². The highest BCUT2D eigenvalue weighted by Gasteiger charge is 2.29. The second kappa shape index (κ2) is 8.56. The maximum atomic E-state index is 12.2. The van der Waals surface area contributed by atoms with Crippen molar-refractivity contribution >= 4 is 18.0 Å². The molecule has 146 valence electrons. The zero-order valence-corrected chi connectivity index (χ0v) is 16.1. The lowest BCUT2D eigenvalue weighted by molar-refractivity contribution is -0.148. The van der Waals surface area contributed by atoms with Crippen LogP contribution in [0.25, 0.3) is 0 Å². The Hall–Kier alpha value is -2.05. The number of nitrogens with one attached hydrogen (secondary N) is 2. The van der Waals surface area contributed by atoms with Gasteiger partial charge in [-0.1, -0.05) is 6.08 Å². The summed E-state index contributed by atoms with van der Waals surface area (Å²) in [7, 11) is 0.